The molecule has 0 saturated heterocycles. The van der Waals surface area contributed by atoms with Crippen LogP contribution in [-0.2, 0) is 0 Å². The molecular formula is C13H13N3O. The van der Waals surface area contributed by atoms with Crippen LogP contribution in [0.25, 0.3) is 11.4 Å². The number of benzene rings is 1. The van der Waals surface area contributed by atoms with Crippen molar-refractivity contribution in [2.75, 3.05) is 6.61 Å². The number of hydrogen-bond acceptors (Lipinski definition) is 3. The van der Waals surface area contributed by atoms with Crippen molar-refractivity contribution < 1.29 is 4.74 Å². The minimum atomic E-state index is 0.439. The summed E-state index contributed by atoms with van der Waals surface area (Å²) in [4.78, 5) is 7.31. The molecule has 1 aromatic heterocycles. The van der Waals surface area contributed by atoms with Crippen LogP contribution in [0.1, 0.15) is 18.3 Å². The molecule has 0 aliphatic heterocycles. The summed E-state index contributed by atoms with van der Waals surface area (Å²) in [7, 11) is 0. The van der Waals surface area contributed by atoms with Gasteiger partial charge in [-0.05, 0) is 38.1 Å². The van der Waals surface area contributed by atoms with Gasteiger partial charge >= 0.3 is 0 Å². The van der Waals surface area contributed by atoms with Gasteiger partial charge in [0.25, 0.3) is 0 Å². The first kappa shape index (κ1) is 11.2. The summed E-state index contributed by atoms with van der Waals surface area (Å²) < 4.78 is 5.36. The van der Waals surface area contributed by atoms with Crippen LogP contribution in [0.2, 0.25) is 0 Å². The molecule has 4 nitrogen and oxygen atoms in total. The maximum atomic E-state index is 8.84. The lowest BCUT2D eigenvalue weighted by molar-refractivity contribution is 0.340. The molecule has 4 heteroatoms. The summed E-state index contributed by atoms with van der Waals surface area (Å²) in [6, 6.07) is 9.68. The molecule has 1 heterocycles. The van der Waals surface area contributed by atoms with Gasteiger partial charge in [-0.15, -0.1) is 0 Å². The van der Waals surface area contributed by atoms with Gasteiger partial charge in [0.05, 0.1) is 12.3 Å². The van der Waals surface area contributed by atoms with Crippen molar-refractivity contribution in [3.63, 3.8) is 0 Å². The van der Waals surface area contributed by atoms with E-state index in [0.717, 1.165) is 17.0 Å². The third kappa shape index (κ3) is 2.28. The van der Waals surface area contributed by atoms with Crippen LogP contribution in [0.5, 0.6) is 5.75 Å². The summed E-state index contributed by atoms with van der Waals surface area (Å²) in [5, 5.41) is 8.84. The zero-order valence-electron chi connectivity index (χ0n) is 9.82. The van der Waals surface area contributed by atoms with E-state index in [1.165, 1.54) is 0 Å². The monoisotopic (exact) mass is 227 g/mol. The lowest BCUT2D eigenvalue weighted by Gasteiger charge is -2.02. The number of ether oxygens (including phenoxy) is 1. The van der Waals surface area contributed by atoms with Crippen LogP contribution >= 0.6 is 0 Å². The van der Waals surface area contributed by atoms with Crippen molar-refractivity contribution in [1.29, 1.82) is 5.26 Å². The molecule has 2 rings (SSSR count). The average Bonchev–Trinajstić information content (AvgIpc) is 2.72. The topological polar surface area (TPSA) is 61.7 Å². The molecule has 0 radical (unpaired) electrons. The number of nitrogens with one attached hydrogen (secondary N) is 1. The largest absolute Gasteiger partial charge is 0.494 e. The van der Waals surface area contributed by atoms with E-state index < -0.39 is 0 Å². The lowest BCUT2D eigenvalue weighted by atomic mass is 10.2. The third-order valence-corrected chi connectivity index (χ3v) is 2.43. The predicted molar refractivity (Wildman–Crippen MR) is 64.6 cm³/mol. The Morgan fingerprint density at radius 2 is 2.06 bits per heavy atom. The Morgan fingerprint density at radius 3 is 2.59 bits per heavy atom. The molecule has 0 spiro atoms. The van der Waals surface area contributed by atoms with Crippen LogP contribution in [0.4, 0.5) is 0 Å². The number of hydrogen-bond donors (Lipinski definition) is 1. The van der Waals surface area contributed by atoms with Crippen molar-refractivity contribution in [2.45, 2.75) is 13.8 Å². The minimum Gasteiger partial charge on any atom is -0.494 e. The fourth-order valence-electron chi connectivity index (χ4n) is 1.58. The minimum absolute atomic E-state index is 0.439. The second kappa shape index (κ2) is 4.71. The first-order chi connectivity index (χ1) is 8.24. The molecule has 0 bridgehead atoms. The third-order valence-electron chi connectivity index (χ3n) is 2.43. The maximum Gasteiger partial charge on any atom is 0.161 e. The highest BCUT2D eigenvalue weighted by Crippen LogP contribution is 2.21. The van der Waals surface area contributed by atoms with Gasteiger partial charge in [0, 0.05) is 5.56 Å². The normalized spacial score (nSPS) is 9.94. The van der Waals surface area contributed by atoms with Gasteiger partial charge in [-0.3, -0.25) is 0 Å². The van der Waals surface area contributed by atoms with Gasteiger partial charge < -0.3 is 9.72 Å². The number of nitrogens with zero attached hydrogens (tertiary/aromatic N) is 2. The van der Waals surface area contributed by atoms with Crippen LogP contribution in [0.15, 0.2) is 24.3 Å². The summed E-state index contributed by atoms with van der Waals surface area (Å²) in [6.45, 7) is 4.43. The maximum absolute atomic E-state index is 8.84. The Morgan fingerprint density at radius 1 is 1.35 bits per heavy atom. The smallest absolute Gasteiger partial charge is 0.161 e. The Bertz CT molecular complexity index is 549. The van der Waals surface area contributed by atoms with Crippen molar-refractivity contribution in [3.05, 3.63) is 35.7 Å². The highest BCUT2D eigenvalue weighted by Gasteiger charge is 2.07. The summed E-state index contributed by atoms with van der Waals surface area (Å²) in [6.07, 6.45) is 0. The number of aromatic amines is 1. The van der Waals surface area contributed by atoms with E-state index >= 15 is 0 Å². The Kier molecular flexibility index (Phi) is 3.10. The fourth-order valence-corrected chi connectivity index (χ4v) is 1.58. The van der Waals surface area contributed by atoms with Crippen molar-refractivity contribution in [3.8, 4) is 23.2 Å². The Balaban J connectivity index is 2.30. The Labute approximate surface area is 99.9 Å². The molecule has 1 aromatic carbocycles. The summed E-state index contributed by atoms with van der Waals surface area (Å²) >= 11 is 0. The number of H-pyrrole nitrogens is 1. The molecule has 0 atom stereocenters. The molecule has 0 saturated carbocycles. The van der Waals surface area contributed by atoms with E-state index in [4.69, 9.17) is 10.00 Å². The van der Waals surface area contributed by atoms with E-state index in [1.807, 2.05) is 38.1 Å². The van der Waals surface area contributed by atoms with Gasteiger partial charge in [0.15, 0.2) is 5.69 Å². The molecule has 86 valence electrons. The first-order valence-electron chi connectivity index (χ1n) is 5.44. The summed E-state index contributed by atoms with van der Waals surface area (Å²) in [5.74, 6) is 1.54. The number of aromatic nitrogens is 2. The van der Waals surface area contributed by atoms with Crippen LogP contribution < -0.4 is 4.74 Å². The van der Waals surface area contributed by atoms with E-state index in [0.29, 0.717) is 18.1 Å². The van der Waals surface area contributed by atoms with Crippen molar-refractivity contribution >= 4 is 0 Å². The molecule has 17 heavy (non-hydrogen) atoms. The van der Waals surface area contributed by atoms with Gasteiger partial charge in [-0.25, -0.2) is 4.98 Å². The van der Waals surface area contributed by atoms with E-state index in [2.05, 4.69) is 16.0 Å². The van der Waals surface area contributed by atoms with Gasteiger partial charge in [0.1, 0.15) is 17.6 Å². The second-order valence-electron chi connectivity index (χ2n) is 3.63. The van der Waals surface area contributed by atoms with Gasteiger partial charge in [0.2, 0.25) is 0 Å². The SMILES string of the molecule is CCOc1ccc(-c2nc(C#N)c(C)[nH]2)cc1. The average molecular weight is 227 g/mol. The molecule has 2 aromatic rings. The van der Waals surface area contributed by atoms with Gasteiger partial charge in [-0.1, -0.05) is 0 Å². The fraction of sp³-hybridized carbons (Fsp3) is 0.231. The van der Waals surface area contributed by atoms with Crippen molar-refractivity contribution in [1.82, 2.24) is 9.97 Å². The number of aryl methyl sites for hydroxylation is 1. The lowest BCUT2D eigenvalue weighted by Crippen LogP contribution is -1.90. The van der Waals surface area contributed by atoms with E-state index in [1.54, 1.807) is 0 Å². The highest BCUT2D eigenvalue weighted by atomic mass is 16.5. The molecule has 0 aliphatic carbocycles. The van der Waals surface area contributed by atoms with Crippen LogP contribution in [0, 0.1) is 18.3 Å². The van der Waals surface area contributed by atoms with E-state index in [9.17, 15) is 0 Å². The standard InChI is InChI=1S/C13H13N3O/c1-3-17-11-6-4-10(5-7-11)13-15-9(2)12(8-14)16-13/h4-7H,3H2,1-2H3,(H,15,16). The van der Waals surface area contributed by atoms with Crippen LogP contribution in [-0.4, -0.2) is 16.6 Å². The van der Waals surface area contributed by atoms with Gasteiger partial charge in [-0.2, -0.15) is 5.26 Å². The Hall–Kier alpha value is -2.28. The molecule has 0 aliphatic rings. The molecule has 0 unspecified atom stereocenters. The highest BCUT2D eigenvalue weighted by molar-refractivity contribution is 5.58. The summed E-state index contributed by atoms with van der Waals surface area (Å²) in [5.41, 5.74) is 2.17. The molecule has 0 amide bonds. The molecule has 0 fully saturated rings. The number of nitriles is 1. The zero-order valence-corrected chi connectivity index (χ0v) is 9.82. The molecular weight excluding hydrogens is 214 g/mol. The first-order valence-corrected chi connectivity index (χ1v) is 5.44. The second-order valence-corrected chi connectivity index (χ2v) is 3.63. The quantitative estimate of drug-likeness (QED) is 0.876. The number of rotatable bonds is 3. The zero-order chi connectivity index (χ0) is 12.3. The van der Waals surface area contributed by atoms with E-state index in [-0.39, 0.29) is 0 Å². The van der Waals surface area contributed by atoms with Crippen molar-refractivity contribution in [2.24, 2.45) is 0 Å². The molecule has 1 N–H and O–H groups in total. The number of imidazole rings is 1. The van der Waals surface area contributed by atoms with Crippen LogP contribution in [0.3, 0.4) is 0 Å². The predicted octanol–water partition coefficient (Wildman–Crippen LogP) is 2.66.